The van der Waals surface area contributed by atoms with E-state index in [-0.39, 0.29) is 98.1 Å². The van der Waals surface area contributed by atoms with Gasteiger partial charge in [0.1, 0.15) is 0 Å². The van der Waals surface area contributed by atoms with E-state index in [2.05, 4.69) is 24.3 Å². The Morgan fingerprint density at radius 2 is 1.14 bits per heavy atom. The molecule has 3 aromatic carbocycles. The summed E-state index contributed by atoms with van der Waals surface area (Å²) in [4.78, 5) is 0. The molecular weight excluding hydrogens is 483 g/mol. The molecule has 95 valence electrons. The van der Waals surface area contributed by atoms with Gasteiger partial charge in [0.2, 0.25) is 0 Å². The van der Waals surface area contributed by atoms with E-state index in [1.165, 1.54) is 0 Å². The third-order valence-corrected chi connectivity index (χ3v) is 2.71. The fraction of sp³-hybridized carbons (Fsp3) is 0. The van der Waals surface area contributed by atoms with Gasteiger partial charge >= 0.3 is 0 Å². The summed E-state index contributed by atoms with van der Waals surface area (Å²) in [5, 5.41) is 0. The molecule has 0 bridgehead atoms. The topological polar surface area (TPSA) is 0 Å². The first-order valence-electron chi connectivity index (χ1n) is 5.82. The van der Waals surface area contributed by atoms with Gasteiger partial charge in [-0.3, -0.25) is 17.7 Å². The van der Waals surface area contributed by atoms with Crippen LogP contribution in [-0.2, 0) is 98.1 Å². The molecule has 3 rings (SSSR count). The first-order chi connectivity index (χ1) is 8.93. The second-order valence-electron chi connectivity index (χ2n) is 3.94. The van der Waals surface area contributed by atoms with Gasteiger partial charge in [-0.05, 0) is 0 Å². The molecule has 3 aromatic rings. The molecule has 0 unspecified atom stereocenters. The van der Waals surface area contributed by atoms with Gasteiger partial charge in [-0.2, -0.15) is 17.7 Å². The smallest absolute Gasteiger partial charge is 0 e. The average Bonchev–Trinajstić information content (AvgIpc) is 2.49. The van der Waals surface area contributed by atoms with E-state index in [1.54, 1.807) is 0 Å². The molecule has 0 amide bonds. The Balaban J connectivity index is 0.00000133. The third kappa shape index (κ3) is 6.17. The predicted molar refractivity (Wildman–Crippen MR) is 72.7 cm³/mol. The Hall–Kier alpha value is 0.972. The van der Waals surface area contributed by atoms with Crippen LogP contribution in [0, 0.1) is 24.3 Å². The molecule has 0 heterocycles. The average molecular weight is 493 g/mol. The molecule has 0 aliphatic rings. The molecule has 21 heavy (non-hydrogen) atoms. The first kappa shape index (κ1) is 22.0. The summed E-state index contributed by atoms with van der Waals surface area (Å²) in [6.45, 7) is 0. The monoisotopic (exact) mass is 493 g/mol. The molecule has 0 aromatic heterocycles. The number of hydrogen-bond donors (Lipinski definition) is 0. The minimum absolute atomic E-state index is 0. The van der Waals surface area contributed by atoms with Gasteiger partial charge in [-0.1, -0.05) is 0 Å². The SMILES string of the molecule is [Y].[Y].[Y].[c-]1ccc(-c2[c-]cccc2)[c-]c1-c1[c-]cccc1. The van der Waals surface area contributed by atoms with E-state index in [4.69, 9.17) is 0 Å². The van der Waals surface area contributed by atoms with Crippen molar-refractivity contribution in [3.63, 3.8) is 0 Å². The Bertz CT molecular complexity index is 582. The molecule has 0 spiro atoms. The second-order valence-corrected chi connectivity index (χ2v) is 3.94. The minimum atomic E-state index is 0. The third-order valence-electron chi connectivity index (χ3n) is 2.71. The van der Waals surface area contributed by atoms with Crippen molar-refractivity contribution in [1.29, 1.82) is 0 Å². The van der Waals surface area contributed by atoms with Crippen LogP contribution in [0.25, 0.3) is 22.3 Å². The van der Waals surface area contributed by atoms with E-state index in [0.29, 0.717) is 0 Å². The molecule has 0 saturated carbocycles. The standard InChI is InChI=1S/C18H10.3Y/c1-3-8-15(9-4-1)17-12-7-13-18(14-17)16-10-5-2-6-11-16;;;/h1-8,10,12H;;;/q-4;;;. The van der Waals surface area contributed by atoms with Crippen molar-refractivity contribution in [1.82, 2.24) is 0 Å². The zero-order chi connectivity index (χ0) is 12.2. The zero-order valence-corrected chi connectivity index (χ0v) is 20.0. The maximum atomic E-state index is 3.36. The molecule has 0 fully saturated rings. The molecule has 0 aliphatic carbocycles. The Labute approximate surface area is 202 Å². The quantitative estimate of drug-likeness (QED) is 0.470. The van der Waals surface area contributed by atoms with Gasteiger partial charge in [0, 0.05) is 98.1 Å². The van der Waals surface area contributed by atoms with Crippen molar-refractivity contribution in [2.45, 2.75) is 0 Å². The van der Waals surface area contributed by atoms with Crippen LogP contribution in [0.1, 0.15) is 0 Å². The maximum Gasteiger partial charge on any atom is 0 e. The Kier molecular flexibility index (Phi) is 12.0. The van der Waals surface area contributed by atoms with Crippen LogP contribution in [0.5, 0.6) is 0 Å². The van der Waals surface area contributed by atoms with Crippen molar-refractivity contribution < 1.29 is 98.1 Å². The van der Waals surface area contributed by atoms with Gasteiger partial charge in [-0.15, -0.1) is 36.4 Å². The summed E-state index contributed by atoms with van der Waals surface area (Å²) >= 11 is 0. The molecule has 0 N–H and O–H groups in total. The second kappa shape index (κ2) is 11.5. The van der Waals surface area contributed by atoms with Crippen molar-refractivity contribution in [3.8, 4) is 22.3 Å². The van der Waals surface area contributed by atoms with Crippen LogP contribution in [0.3, 0.4) is 0 Å². The summed E-state index contributed by atoms with van der Waals surface area (Å²) in [6.07, 6.45) is 0. The van der Waals surface area contributed by atoms with Gasteiger partial charge < -0.3 is 23.3 Å². The number of benzene rings is 3. The van der Waals surface area contributed by atoms with E-state index >= 15 is 0 Å². The molecule has 3 radical (unpaired) electrons. The molecule has 0 saturated heterocycles. The van der Waals surface area contributed by atoms with Crippen molar-refractivity contribution in [2.24, 2.45) is 0 Å². The van der Waals surface area contributed by atoms with Crippen LogP contribution >= 0.6 is 0 Å². The number of rotatable bonds is 2. The summed E-state index contributed by atoms with van der Waals surface area (Å²) < 4.78 is 0. The normalized spacial score (nSPS) is 8.76. The maximum absolute atomic E-state index is 3.36. The number of hydrogen-bond acceptors (Lipinski definition) is 0. The van der Waals surface area contributed by atoms with Crippen LogP contribution in [0.2, 0.25) is 0 Å². The largest absolute Gasteiger partial charge is 0.379 e. The van der Waals surface area contributed by atoms with Crippen LogP contribution in [-0.4, -0.2) is 0 Å². The Morgan fingerprint density at radius 1 is 0.524 bits per heavy atom. The summed E-state index contributed by atoms with van der Waals surface area (Å²) in [7, 11) is 0. The van der Waals surface area contributed by atoms with Crippen molar-refractivity contribution in [3.05, 3.63) is 84.9 Å². The van der Waals surface area contributed by atoms with Crippen LogP contribution < -0.4 is 0 Å². The summed E-state index contributed by atoms with van der Waals surface area (Å²) in [5.74, 6) is 0. The molecule has 0 aliphatic heterocycles. The van der Waals surface area contributed by atoms with E-state index in [9.17, 15) is 0 Å². The fourth-order valence-corrected chi connectivity index (χ4v) is 1.83. The Morgan fingerprint density at radius 3 is 1.71 bits per heavy atom. The van der Waals surface area contributed by atoms with E-state index in [1.807, 2.05) is 60.7 Å². The first-order valence-corrected chi connectivity index (χ1v) is 5.82. The van der Waals surface area contributed by atoms with Crippen molar-refractivity contribution in [2.75, 3.05) is 0 Å². The predicted octanol–water partition coefficient (Wildman–Crippen LogP) is 4.21. The van der Waals surface area contributed by atoms with Gasteiger partial charge in [0.05, 0.1) is 0 Å². The zero-order valence-electron chi connectivity index (χ0n) is 11.5. The van der Waals surface area contributed by atoms with Gasteiger partial charge in [0.25, 0.3) is 0 Å². The summed E-state index contributed by atoms with van der Waals surface area (Å²) in [6, 6.07) is 32.6. The molecule has 3 heteroatoms. The summed E-state index contributed by atoms with van der Waals surface area (Å²) in [5.41, 5.74) is 4.02. The molecule has 0 atom stereocenters. The van der Waals surface area contributed by atoms with Crippen LogP contribution in [0.15, 0.2) is 60.7 Å². The van der Waals surface area contributed by atoms with E-state index in [0.717, 1.165) is 22.3 Å². The van der Waals surface area contributed by atoms with Crippen molar-refractivity contribution >= 4 is 0 Å². The fourth-order valence-electron chi connectivity index (χ4n) is 1.83. The van der Waals surface area contributed by atoms with E-state index < -0.39 is 0 Å². The molecular formula is C18H10Y3-4. The van der Waals surface area contributed by atoms with Gasteiger partial charge in [0.15, 0.2) is 0 Å². The molecule has 0 nitrogen and oxygen atoms in total. The minimum Gasteiger partial charge on any atom is -0.379 e. The van der Waals surface area contributed by atoms with Crippen LogP contribution in [0.4, 0.5) is 0 Å². The van der Waals surface area contributed by atoms with Gasteiger partial charge in [-0.25, -0.2) is 12.1 Å².